The minimum Gasteiger partial charge on any atom is -0.361 e. The van der Waals surface area contributed by atoms with Crippen molar-refractivity contribution in [1.82, 2.24) is 15.2 Å². The van der Waals surface area contributed by atoms with Gasteiger partial charge in [-0.25, -0.2) is 0 Å². The Labute approximate surface area is 194 Å². The number of aryl methyl sites for hydroxylation is 1. The fourth-order valence-corrected chi connectivity index (χ4v) is 4.25. The van der Waals surface area contributed by atoms with Gasteiger partial charge in [-0.15, -0.1) is 0 Å². The normalized spacial score (nSPS) is 18.1. The number of pyridine rings is 1. The van der Waals surface area contributed by atoms with Gasteiger partial charge in [0, 0.05) is 37.5 Å². The van der Waals surface area contributed by atoms with Crippen LogP contribution in [0.15, 0.2) is 73.1 Å². The molecule has 1 atom stereocenters. The van der Waals surface area contributed by atoms with E-state index < -0.39 is 5.60 Å². The number of rotatable bonds is 6. The van der Waals surface area contributed by atoms with Gasteiger partial charge in [0.05, 0.1) is 13.2 Å². The molecular weight excluding hydrogens is 414 g/mol. The van der Waals surface area contributed by atoms with Gasteiger partial charge in [0.2, 0.25) is 0 Å². The lowest BCUT2D eigenvalue weighted by atomic mass is 9.90. The van der Waals surface area contributed by atoms with Crippen molar-refractivity contribution in [2.24, 2.45) is 0 Å². The van der Waals surface area contributed by atoms with Crippen LogP contribution in [0.1, 0.15) is 28.4 Å². The van der Waals surface area contributed by atoms with Gasteiger partial charge in [0.25, 0.3) is 11.8 Å². The molecule has 1 saturated heterocycles. The second-order valence-corrected chi connectivity index (χ2v) is 8.41. The number of nitrogens with zero attached hydrogens (tertiary/aromatic N) is 2. The molecule has 0 bridgehead atoms. The van der Waals surface area contributed by atoms with E-state index in [1.807, 2.05) is 25.1 Å². The standard InChI is InChI=1S/C27H29N3O3/c1-3-29-26(32)27(19-30(15-16-33-27)25(31)23-11-13-28-14-12-23)18-21-7-9-22(10-8-21)24-6-4-5-20(2)17-24/h4-14,17H,3,15-16,18-19H2,1-2H3,(H,29,32)/t27-/m1/s1. The van der Waals surface area contributed by atoms with Gasteiger partial charge >= 0.3 is 0 Å². The molecule has 0 spiro atoms. The Hall–Kier alpha value is -3.51. The molecule has 3 aromatic rings. The number of amides is 2. The fraction of sp³-hybridized carbons (Fsp3) is 0.296. The molecule has 2 aromatic carbocycles. The predicted octanol–water partition coefficient (Wildman–Crippen LogP) is 3.65. The molecule has 1 aromatic heterocycles. The van der Waals surface area contributed by atoms with Crippen molar-refractivity contribution in [2.75, 3.05) is 26.2 Å². The third kappa shape index (κ3) is 5.12. The van der Waals surface area contributed by atoms with Crippen LogP contribution in [0.2, 0.25) is 0 Å². The van der Waals surface area contributed by atoms with E-state index in [9.17, 15) is 9.59 Å². The Morgan fingerprint density at radius 3 is 2.52 bits per heavy atom. The number of carbonyl (C=O) groups excluding carboxylic acids is 2. The molecule has 6 nitrogen and oxygen atoms in total. The second-order valence-electron chi connectivity index (χ2n) is 8.41. The Balaban J connectivity index is 1.58. The van der Waals surface area contributed by atoms with Crippen LogP contribution in [0.25, 0.3) is 11.1 Å². The summed E-state index contributed by atoms with van der Waals surface area (Å²) < 4.78 is 6.11. The molecule has 1 aliphatic heterocycles. The lowest BCUT2D eigenvalue weighted by Crippen LogP contribution is -2.62. The number of hydrogen-bond acceptors (Lipinski definition) is 4. The molecule has 0 radical (unpaired) electrons. The van der Waals surface area contributed by atoms with Gasteiger partial charge in [-0.2, -0.15) is 0 Å². The fourth-order valence-electron chi connectivity index (χ4n) is 4.25. The largest absolute Gasteiger partial charge is 0.361 e. The maximum absolute atomic E-state index is 13.2. The molecule has 6 heteroatoms. The molecule has 4 rings (SSSR count). The Morgan fingerprint density at radius 2 is 1.82 bits per heavy atom. The quantitative estimate of drug-likeness (QED) is 0.631. The molecule has 33 heavy (non-hydrogen) atoms. The van der Waals surface area contributed by atoms with E-state index in [2.05, 4.69) is 47.6 Å². The van der Waals surface area contributed by atoms with E-state index in [0.717, 1.165) is 16.7 Å². The first-order valence-electron chi connectivity index (χ1n) is 11.3. The van der Waals surface area contributed by atoms with Crippen LogP contribution in [-0.2, 0) is 16.0 Å². The maximum Gasteiger partial charge on any atom is 0.254 e. The highest BCUT2D eigenvalue weighted by molar-refractivity contribution is 5.95. The van der Waals surface area contributed by atoms with Gasteiger partial charge in [-0.3, -0.25) is 14.6 Å². The number of hydrogen-bond donors (Lipinski definition) is 1. The molecule has 2 heterocycles. The third-order valence-corrected chi connectivity index (χ3v) is 5.95. The van der Waals surface area contributed by atoms with Crippen molar-refractivity contribution in [1.29, 1.82) is 0 Å². The molecule has 0 unspecified atom stereocenters. The lowest BCUT2D eigenvalue weighted by Gasteiger charge is -2.41. The van der Waals surface area contributed by atoms with Crippen LogP contribution < -0.4 is 5.32 Å². The average Bonchev–Trinajstić information content (AvgIpc) is 2.85. The number of likely N-dealkylation sites (N-methyl/N-ethyl adjacent to an activating group) is 1. The summed E-state index contributed by atoms with van der Waals surface area (Å²) >= 11 is 0. The Kier molecular flexibility index (Phi) is 6.84. The molecule has 1 aliphatic rings. The minimum absolute atomic E-state index is 0.121. The van der Waals surface area contributed by atoms with Crippen molar-refractivity contribution in [3.05, 3.63) is 89.7 Å². The van der Waals surface area contributed by atoms with Crippen LogP contribution in [-0.4, -0.2) is 53.5 Å². The summed E-state index contributed by atoms with van der Waals surface area (Å²) in [4.78, 5) is 31.9. The molecule has 0 aliphatic carbocycles. The van der Waals surface area contributed by atoms with E-state index in [1.165, 1.54) is 5.56 Å². The van der Waals surface area contributed by atoms with Crippen LogP contribution in [0.4, 0.5) is 0 Å². The summed E-state index contributed by atoms with van der Waals surface area (Å²) in [5, 5.41) is 2.91. The molecule has 170 valence electrons. The predicted molar refractivity (Wildman–Crippen MR) is 128 cm³/mol. The third-order valence-electron chi connectivity index (χ3n) is 5.95. The topological polar surface area (TPSA) is 71.5 Å². The monoisotopic (exact) mass is 443 g/mol. The van der Waals surface area contributed by atoms with Crippen LogP contribution in [0.3, 0.4) is 0 Å². The molecule has 1 N–H and O–H groups in total. The number of morpholine rings is 1. The van der Waals surface area contributed by atoms with Gasteiger partial charge in [0.15, 0.2) is 5.60 Å². The van der Waals surface area contributed by atoms with Gasteiger partial charge in [-0.05, 0) is 42.7 Å². The highest BCUT2D eigenvalue weighted by atomic mass is 16.5. The van der Waals surface area contributed by atoms with Gasteiger partial charge in [-0.1, -0.05) is 54.1 Å². The van der Waals surface area contributed by atoms with Crippen LogP contribution >= 0.6 is 0 Å². The number of aromatic nitrogens is 1. The molecule has 0 saturated carbocycles. The summed E-state index contributed by atoms with van der Waals surface area (Å²) in [6.45, 7) is 5.39. The highest BCUT2D eigenvalue weighted by Crippen LogP contribution is 2.27. The van der Waals surface area contributed by atoms with Crippen molar-refractivity contribution >= 4 is 11.8 Å². The van der Waals surface area contributed by atoms with E-state index in [4.69, 9.17) is 4.74 Å². The average molecular weight is 444 g/mol. The molecule has 1 fully saturated rings. The molecule has 2 amide bonds. The van der Waals surface area contributed by atoms with E-state index in [1.54, 1.807) is 29.4 Å². The lowest BCUT2D eigenvalue weighted by molar-refractivity contribution is -0.157. The van der Waals surface area contributed by atoms with E-state index in [0.29, 0.717) is 31.7 Å². The van der Waals surface area contributed by atoms with Crippen molar-refractivity contribution in [3.8, 4) is 11.1 Å². The van der Waals surface area contributed by atoms with Gasteiger partial charge in [0.1, 0.15) is 0 Å². The van der Waals surface area contributed by atoms with Crippen molar-refractivity contribution in [2.45, 2.75) is 25.9 Å². The first-order valence-corrected chi connectivity index (χ1v) is 11.3. The summed E-state index contributed by atoms with van der Waals surface area (Å²) in [5.41, 5.74) is 3.88. The first-order chi connectivity index (χ1) is 16.0. The zero-order chi connectivity index (χ0) is 23.3. The zero-order valence-corrected chi connectivity index (χ0v) is 19.1. The number of nitrogens with one attached hydrogen (secondary N) is 1. The molecular formula is C27H29N3O3. The Morgan fingerprint density at radius 1 is 1.06 bits per heavy atom. The number of benzene rings is 2. The smallest absolute Gasteiger partial charge is 0.254 e. The van der Waals surface area contributed by atoms with E-state index >= 15 is 0 Å². The summed E-state index contributed by atoms with van der Waals surface area (Å²) in [6.07, 6.45) is 3.58. The minimum atomic E-state index is -1.14. The first kappa shape index (κ1) is 22.7. The van der Waals surface area contributed by atoms with Crippen molar-refractivity contribution < 1.29 is 14.3 Å². The summed E-state index contributed by atoms with van der Waals surface area (Å²) in [5.74, 6) is -0.316. The zero-order valence-electron chi connectivity index (χ0n) is 19.1. The highest BCUT2D eigenvalue weighted by Gasteiger charge is 2.45. The van der Waals surface area contributed by atoms with Crippen LogP contribution in [0, 0.1) is 6.92 Å². The Bertz CT molecular complexity index is 1110. The van der Waals surface area contributed by atoms with Crippen molar-refractivity contribution in [3.63, 3.8) is 0 Å². The summed E-state index contributed by atoms with van der Waals surface area (Å²) in [7, 11) is 0. The second kappa shape index (κ2) is 9.96. The number of ether oxygens (including phenoxy) is 1. The van der Waals surface area contributed by atoms with Gasteiger partial charge < -0.3 is 15.0 Å². The number of carbonyl (C=O) groups is 2. The van der Waals surface area contributed by atoms with E-state index in [-0.39, 0.29) is 18.4 Å². The van der Waals surface area contributed by atoms with Crippen LogP contribution in [0.5, 0.6) is 0 Å². The maximum atomic E-state index is 13.2. The SMILES string of the molecule is CCNC(=O)[C@@]1(Cc2ccc(-c3cccc(C)c3)cc2)CN(C(=O)c2ccncc2)CCO1. The summed E-state index contributed by atoms with van der Waals surface area (Å²) in [6, 6.07) is 19.9.